The standard InChI is InChI=1S/C18H24N2O2/c21-16(9-20-12-19-17-3-1-2-4-18(17)20)11-22-10-15-8-13-5-6-14(15)7-13/h1-4,12-16,21H,5-11H2/t13-,14-,15+,16+/m0/s1. The molecule has 2 bridgehead atoms. The van der Waals surface area contributed by atoms with Crippen LogP contribution in [0.15, 0.2) is 30.6 Å². The first-order valence-electron chi connectivity index (χ1n) is 8.45. The predicted octanol–water partition coefficient (Wildman–Crippen LogP) is 2.85. The van der Waals surface area contributed by atoms with Gasteiger partial charge in [0.25, 0.3) is 0 Å². The molecule has 0 saturated heterocycles. The zero-order valence-corrected chi connectivity index (χ0v) is 12.9. The molecule has 1 aromatic carbocycles. The van der Waals surface area contributed by atoms with Gasteiger partial charge in [-0.1, -0.05) is 18.6 Å². The SMILES string of the molecule is O[C@@H](COC[C@H]1C[C@H]2CC[C@H]1C2)Cn1cnc2ccccc21. The molecule has 1 aromatic heterocycles. The lowest BCUT2D eigenvalue weighted by atomic mass is 9.90. The Morgan fingerprint density at radius 2 is 2.18 bits per heavy atom. The average Bonchev–Trinajstić information content (AvgIpc) is 3.23. The Labute approximate surface area is 131 Å². The Hall–Kier alpha value is -1.39. The number of aromatic nitrogens is 2. The van der Waals surface area contributed by atoms with E-state index in [9.17, 15) is 5.11 Å². The summed E-state index contributed by atoms with van der Waals surface area (Å²) in [5.41, 5.74) is 2.03. The van der Waals surface area contributed by atoms with Crippen molar-refractivity contribution in [2.45, 2.75) is 38.3 Å². The normalized spacial score (nSPS) is 28.5. The van der Waals surface area contributed by atoms with Gasteiger partial charge in [-0.3, -0.25) is 0 Å². The fourth-order valence-electron chi connectivity index (χ4n) is 4.37. The number of fused-ring (bicyclic) bond motifs is 3. The van der Waals surface area contributed by atoms with Gasteiger partial charge in [-0.05, 0) is 49.1 Å². The highest BCUT2D eigenvalue weighted by molar-refractivity contribution is 5.74. The minimum Gasteiger partial charge on any atom is -0.389 e. The molecule has 4 rings (SSSR count). The van der Waals surface area contributed by atoms with Crippen LogP contribution in [-0.4, -0.2) is 34.0 Å². The van der Waals surface area contributed by atoms with Crippen molar-refractivity contribution in [2.24, 2.45) is 17.8 Å². The highest BCUT2D eigenvalue weighted by Crippen LogP contribution is 2.48. The van der Waals surface area contributed by atoms with E-state index < -0.39 is 6.10 Å². The van der Waals surface area contributed by atoms with E-state index in [1.807, 2.05) is 28.8 Å². The minimum atomic E-state index is -0.476. The van der Waals surface area contributed by atoms with E-state index in [1.165, 1.54) is 25.7 Å². The van der Waals surface area contributed by atoms with Gasteiger partial charge >= 0.3 is 0 Å². The molecule has 4 nitrogen and oxygen atoms in total. The topological polar surface area (TPSA) is 47.3 Å². The van der Waals surface area contributed by atoms with Crippen LogP contribution in [0.25, 0.3) is 11.0 Å². The molecule has 2 aromatic rings. The van der Waals surface area contributed by atoms with Crippen molar-refractivity contribution in [3.05, 3.63) is 30.6 Å². The summed E-state index contributed by atoms with van der Waals surface area (Å²) in [6.07, 6.45) is 6.89. The van der Waals surface area contributed by atoms with E-state index in [2.05, 4.69) is 4.98 Å². The zero-order valence-electron chi connectivity index (χ0n) is 12.9. The van der Waals surface area contributed by atoms with Crippen molar-refractivity contribution in [3.63, 3.8) is 0 Å². The number of para-hydroxylation sites is 2. The molecule has 0 aliphatic heterocycles. The van der Waals surface area contributed by atoms with Crippen LogP contribution in [0.2, 0.25) is 0 Å². The van der Waals surface area contributed by atoms with Crippen molar-refractivity contribution in [1.82, 2.24) is 9.55 Å². The van der Waals surface area contributed by atoms with Gasteiger partial charge in [-0.15, -0.1) is 0 Å². The van der Waals surface area contributed by atoms with Crippen molar-refractivity contribution in [3.8, 4) is 0 Å². The van der Waals surface area contributed by atoms with Crippen LogP contribution < -0.4 is 0 Å². The van der Waals surface area contributed by atoms with Crippen LogP contribution >= 0.6 is 0 Å². The number of imidazole rings is 1. The average molecular weight is 300 g/mol. The molecule has 4 heteroatoms. The first kappa shape index (κ1) is 14.2. The van der Waals surface area contributed by atoms with Gasteiger partial charge in [0, 0.05) is 6.61 Å². The first-order chi connectivity index (χ1) is 10.8. The number of benzene rings is 1. The molecule has 0 unspecified atom stereocenters. The summed E-state index contributed by atoms with van der Waals surface area (Å²) in [6.45, 7) is 1.78. The second-order valence-electron chi connectivity index (χ2n) is 7.01. The number of hydrogen-bond donors (Lipinski definition) is 1. The number of hydrogen-bond acceptors (Lipinski definition) is 3. The summed E-state index contributed by atoms with van der Waals surface area (Å²) in [4.78, 5) is 4.35. The number of aliphatic hydroxyl groups excluding tert-OH is 1. The number of aliphatic hydroxyl groups is 1. The van der Waals surface area contributed by atoms with Gasteiger partial charge in [-0.25, -0.2) is 4.98 Å². The van der Waals surface area contributed by atoms with Gasteiger partial charge < -0.3 is 14.4 Å². The van der Waals surface area contributed by atoms with E-state index >= 15 is 0 Å². The van der Waals surface area contributed by atoms with Crippen molar-refractivity contribution < 1.29 is 9.84 Å². The Morgan fingerprint density at radius 1 is 1.27 bits per heavy atom. The van der Waals surface area contributed by atoms with E-state index in [0.29, 0.717) is 13.2 Å². The summed E-state index contributed by atoms with van der Waals surface area (Å²) < 4.78 is 7.81. The van der Waals surface area contributed by atoms with Crippen LogP contribution in [0.4, 0.5) is 0 Å². The Balaban J connectivity index is 1.27. The minimum absolute atomic E-state index is 0.417. The van der Waals surface area contributed by atoms with E-state index in [1.54, 1.807) is 6.33 Å². The molecule has 2 aliphatic rings. The molecule has 2 aliphatic carbocycles. The summed E-state index contributed by atoms with van der Waals surface area (Å²) in [5, 5.41) is 10.2. The summed E-state index contributed by atoms with van der Waals surface area (Å²) in [6, 6.07) is 8.00. The molecule has 0 amide bonds. The highest BCUT2D eigenvalue weighted by atomic mass is 16.5. The van der Waals surface area contributed by atoms with Crippen LogP contribution in [0.1, 0.15) is 25.7 Å². The zero-order chi connectivity index (χ0) is 14.9. The lowest BCUT2D eigenvalue weighted by Gasteiger charge is -2.22. The maximum atomic E-state index is 10.2. The van der Waals surface area contributed by atoms with Crippen LogP contribution in [0.5, 0.6) is 0 Å². The third-order valence-corrected chi connectivity index (χ3v) is 5.46. The van der Waals surface area contributed by atoms with Gasteiger partial charge in [-0.2, -0.15) is 0 Å². The fourth-order valence-corrected chi connectivity index (χ4v) is 4.37. The smallest absolute Gasteiger partial charge is 0.0959 e. The molecule has 4 atom stereocenters. The van der Waals surface area contributed by atoms with Crippen LogP contribution in [0.3, 0.4) is 0 Å². The molecule has 0 spiro atoms. The summed E-state index contributed by atoms with van der Waals surface area (Å²) in [7, 11) is 0. The number of rotatable bonds is 6. The maximum absolute atomic E-state index is 10.2. The van der Waals surface area contributed by atoms with Gasteiger partial charge in [0.2, 0.25) is 0 Å². The summed E-state index contributed by atoms with van der Waals surface area (Å²) >= 11 is 0. The molecule has 2 fully saturated rings. The van der Waals surface area contributed by atoms with E-state index in [0.717, 1.165) is 35.4 Å². The van der Waals surface area contributed by atoms with Gasteiger partial charge in [0.1, 0.15) is 0 Å². The highest BCUT2D eigenvalue weighted by Gasteiger charge is 2.39. The lowest BCUT2D eigenvalue weighted by Crippen LogP contribution is -2.24. The van der Waals surface area contributed by atoms with Crippen LogP contribution in [0, 0.1) is 17.8 Å². The molecule has 118 valence electrons. The van der Waals surface area contributed by atoms with E-state index in [4.69, 9.17) is 4.74 Å². The van der Waals surface area contributed by atoms with Crippen molar-refractivity contribution in [2.75, 3.05) is 13.2 Å². The fraction of sp³-hybridized carbons (Fsp3) is 0.611. The molecule has 0 radical (unpaired) electrons. The van der Waals surface area contributed by atoms with Crippen molar-refractivity contribution in [1.29, 1.82) is 0 Å². The lowest BCUT2D eigenvalue weighted by molar-refractivity contribution is 0.00622. The van der Waals surface area contributed by atoms with Crippen molar-refractivity contribution >= 4 is 11.0 Å². The Bertz CT molecular complexity index is 639. The van der Waals surface area contributed by atoms with E-state index in [-0.39, 0.29) is 0 Å². The summed E-state index contributed by atoms with van der Waals surface area (Å²) in [5.74, 6) is 2.58. The van der Waals surface area contributed by atoms with Crippen LogP contribution in [-0.2, 0) is 11.3 Å². The first-order valence-corrected chi connectivity index (χ1v) is 8.45. The molecular formula is C18H24N2O2. The third kappa shape index (κ3) is 2.77. The molecule has 22 heavy (non-hydrogen) atoms. The molecule has 2 saturated carbocycles. The number of ether oxygens (including phenoxy) is 1. The predicted molar refractivity (Wildman–Crippen MR) is 85.5 cm³/mol. The monoisotopic (exact) mass is 300 g/mol. The molecule has 1 N–H and O–H groups in total. The quantitative estimate of drug-likeness (QED) is 0.892. The maximum Gasteiger partial charge on any atom is 0.0959 e. The van der Waals surface area contributed by atoms with Gasteiger partial charge in [0.15, 0.2) is 0 Å². The molecule has 1 heterocycles. The Morgan fingerprint density at radius 3 is 3.00 bits per heavy atom. The second-order valence-corrected chi connectivity index (χ2v) is 7.01. The largest absolute Gasteiger partial charge is 0.389 e. The number of nitrogens with zero attached hydrogens (tertiary/aromatic N) is 2. The second kappa shape index (κ2) is 6.01. The molecular weight excluding hydrogens is 276 g/mol. The Kier molecular flexibility index (Phi) is 3.89. The van der Waals surface area contributed by atoms with Gasteiger partial charge in [0.05, 0.1) is 36.6 Å². The third-order valence-electron chi connectivity index (χ3n) is 5.46.